The Morgan fingerprint density at radius 2 is 1.79 bits per heavy atom. The van der Waals surface area contributed by atoms with Crippen LogP contribution in [0.25, 0.3) is 11.3 Å². The standard InChI is InChI=1S/C22H29N3O3S/c1-15-6-9-24(10-7-15)22(26)20-13-21(18-5-4-16(2)17(3)12-18)25(23-20)19-8-11-29(27,28)14-19/h4-5,12-13,15,19H,6-11,14H2,1-3H3. The van der Waals surface area contributed by atoms with Gasteiger partial charge in [-0.15, -0.1) is 0 Å². The maximum atomic E-state index is 13.1. The van der Waals surface area contributed by atoms with Crippen molar-refractivity contribution in [2.75, 3.05) is 24.6 Å². The third-order valence-corrected chi connectivity index (χ3v) is 8.13. The van der Waals surface area contributed by atoms with Gasteiger partial charge in [0.25, 0.3) is 5.91 Å². The van der Waals surface area contributed by atoms with Crippen molar-refractivity contribution in [1.29, 1.82) is 0 Å². The van der Waals surface area contributed by atoms with Gasteiger partial charge in [-0.2, -0.15) is 5.10 Å². The molecule has 2 aromatic rings. The number of hydrogen-bond acceptors (Lipinski definition) is 4. The van der Waals surface area contributed by atoms with Gasteiger partial charge in [0.2, 0.25) is 0 Å². The summed E-state index contributed by atoms with van der Waals surface area (Å²) in [5.74, 6) is 0.853. The van der Waals surface area contributed by atoms with Gasteiger partial charge in [-0.3, -0.25) is 9.48 Å². The topological polar surface area (TPSA) is 72.3 Å². The monoisotopic (exact) mass is 415 g/mol. The van der Waals surface area contributed by atoms with E-state index in [0.717, 1.165) is 42.8 Å². The molecule has 1 aromatic carbocycles. The number of piperidine rings is 1. The molecular formula is C22H29N3O3S. The van der Waals surface area contributed by atoms with E-state index in [1.54, 1.807) is 4.68 Å². The molecule has 1 atom stereocenters. The van der Waals surface area contributed by atoms with Gasteiger partial charge in [0.05, 0.1) is 23.2 Å². The highest BCUT2D eigenvalue weighted by atomic mass is 32.2. The molecular weight excluding hydrogens is 386 g/mol. The molecule has 4 rings (SSSR count). The first-order valence-corrected chi connectivity index (χ1v) is 12.2. The SMILES string of the molecule is Cc1ccc(-c2cc(C(=O)N3CCC(C)CC3)nn2C2CCS(=O)(=O)C2)cc1C. The predicted molar refractivity (Wildman–Crippen MR) is 114 cm³/mol. The van der Waals surface area contributed by atoms with Crippen LogP contribution in [0.4, 0.5) is 0 Å². The average molecular weight is 416 g/mol. The number of rotatable bonds is 3. The first kappa shape index (κ1) is 20.1. The molecule has 2 aliphatic heterocycles. The molecule has 2 saturated heterocycles. The zero-order valence-corrected chi connectivity index (χ0v) is 18.2. The lowest BCUT2D eigenvalue weighted by Gasteiger charge is -2.29. The minimum atomic E-state index is -3.05. The Morgan fingerprint density at radius 3 is 2.41 bits per heavy atom. The number of likely N-dealkylation sites (tertiary alicyclic amines) is 1. The third-order valence-electron chi connectivity index (χ3n) is 6.38. The van der Waals surface area contributed by atoms with Crippen LogP contribution in [0, 0.1) is 19.8 Å². The summed E-state index contributed by atoms with van der Waals surface area (Å²) < 4.78 is 25.9. The van der Waals surface area contributed by atoms with Crippen LogP contribution in [-0.4, -0.2) is 53.6 Å². The van der Waals surface area contributed by atoms with Gasteiger partial charge >= 0.3 is 0 Å². The zero-order chi connectivity index (χ0) is 20.8. The number of sulfone groups is 1. The number of carbonyl (C=O) groups excluding carboxylic acids is 1. The summed E-state index contributed by atoms with van der Waals surface area (Å²) in [7, 11) is -3.05. The minimum Gasteiger partial charge on any atom is -0.337 e. The molecule has 7 heteroatoms. The molecule has 29 heavy (non-hydrogen) atoms. The lowest BCUT2D eigenvalue weighted by molar-refractivity contribution is 0.0690. The van der Waals surface area contributed by atoms with E-state index in [0.29, 0.717) is 18.0 Å². The summed E-state index contributed by atoms with van der Waals surface area (Å²) >= 11 is 0. The van der Waals surface area contributed by atoms with E-state index >= 15 is 0 Å². The molecule has 0 radical (unpaired) electrons. The summed E-state index contributed by atoms with van der Waals surface area (Å²) in [6, 6.07) is 7.79. The predicted octanol–water partition coefficient (Wildman–Crippen LogP) is 3.40. The van der Waals surface area contributed by atoms with E-state index in [-0.39, 0.29) is 23.5 Å². The van der Waals surface area contributed by atoms with E-state index in [1.165, 1.54) is 5.56 Å². The number of aromatic nitrogens is 2. The summed E-state index contributed by atoms with van der Waals surface area (Å²) in [6.07, 6.45) is 2.56. The van der Waals surface area contributed by atoms with Crippen molar-refractivity contribution in [2.24, 2.45) is 5.92 Å². The third kappa shape index (κ3) is 4.10. The van der Waals surface area contributed by atoms with Crippen LogP contribution >= 0.6 is 0 Å². The van der Waals surface area contributed by atoms with Crippen molar-refractivity contribution in [3.8, 4) is 11.3 Å². The quantitative estimate of drug-likeness (QED) is 0.770. The van der Waals surface area contributed by atoms with E-state index in [1.807, 2.05) is 17.0 Å². The smallest absolute Gasteiger partial charge is 0.274 e. The lowest BCUT2D eigenvalue weighted by atomic mass is 9.99. The molecule has 2 fully saturated rings. The Kier molecular flexibility index (Phi) is 5.27. The number of nitrogens with zero attached hydrogens (tertiary/aromatic N) is 3. The Labute approximate surface area is 172 Å². The molecule has 6 nitrogen and oxygen atoms in total. The van der Waals surface area contributed by atoms with Crippen LogP contribution < -0.4 is 0 Å². The van der Waals surface area contributed by atoms with Crippen LogP contribution in [0.15, 0.2) is 24.3 Å². The number of hydrogen-bond donors (Lipinski definition) is 0. The van der Waals surface area contributed by atoms with E-state index < -0.39 is 9.84 Å². The van der Waals surface area contributed by atoms with Crippen LogP contribution in [0.1, 0.15) is 53.8 Å². The van der Waals surface area contributed by atoms with Gasteiger partial charge in [0.15, 0.2) is 15.5 Å². The van der Waals surface area contributed by atoms with E-state index in [4.69, 9.17) is 0 Å². The fourth-order valence-corrected chi connectivity index (χ4v) is 5.93. The molecule has 0 aliphatic carbocycles. The summed E-state index contributed by atoms with van der Waals surface area (Å²) in [6.45, 7) is 7.84. The van der Waals surface area contributed by atoms with Crippen LogP contribution in [0.5, 0.6) is 0 Å². The number of carbonyl (C=O) groups is 1. The molecule has 0 spiro atoms. The maximum Gasteiger partial charge on any atom is 0.274 e. The normalized spacial score (nSPS) is 22.2. The molecule has 0 saturated carbocycles. The lowest BCUT2D eigenvalue weighted by Crippen LogP contribution is -2.38. The zero-order valence-electron chi connectivity index (χ0n) is 17.4. The first-order valence-electron chi connectivity index (χ1n) is 10.4. The molecule has 0 N–H and O–H groups in total. The Hall–Kier alpha value is -2.15. The van der Waals surface area contributed by atoms with Gasteiger partial charge in [0, 0.05) is 18.7 Å². The van der Waals surface area contributed by atoms with Gasteiger partial charge in [-0.25, -0.2) is 8.42 Å². The minimum absolute atomic E-state index is 0.0541. The van der Waals surface area contributed by atoms with Gasteiger partial charge in [0.1, 0.15) is 0 Å². The second-order valence-electron chi connectivity index (χ2n) is 8.69. The fraction of sp³-hybridized carbons (Fsp3) is 0.545. The Bertz CT molecular complexity index is 1030. The molecule has 0 bridgehead atoms. The second-order valence-corrected chi connectivity index (χ2v) is 10.9. The van der Waals surface area contributed by atoms with Crippen LogP contribution in [0.2, 0.25) is 0 Å². The molecule has 3 heterocycles. The molecule has 1 unspecified atom stereocenters. The Morgan fingerprint density at radius 1 is 1.07 bits per heavy atom. The molecule has 1 amide bonds. The van der Waals surface area contributed by atoms with Crippen molar-refractivity contribution >= 4 is 15.7 Å². The first-order chi connectivity index (χ1) is 13.7. The Balaban J connectivity index is 1.72. The highest BCUT2D eigenvalue weighted by molar-refractivity contribution is 7.91. The van der Waals surface area contributed by atoms with Crippen molar-refractivity contribution in [2.45, 2.75) is 46.1 Å². The maximum absolute atomic E-state index is 13.1. The van der Waals surface area contributed by atoms with Crippen molar-refractivity contribution in [3.63, 3.8) is 0 Å². The second kappa shape index (κ2) is 7.59. The number of amides is 1. The summed E-state index contributed by atoms with van der Waals surface area (Å²) in [4.78, 5) is 15.0. The van der Waals surface area contributed by atoms with Crippen LogP contribution in [-0.2, 0) is 9.84 Å². The van der Waals surface area contributed by atoms with Gasteiger partial charge in [-0.05, 0) is 62.3 Å². The average Bonchev–Trinajstić information content (AvgIpc) is 3.27. The number of benzene rings is 1. The van der Waals surface area contributed by atoms with Crippen molar-refractivity contribution < 1.29 is 13.2 Å². The van der Waals surface area contributed by atoms with Crippen molar-refractivity contribution in [3.05, 3.63) is 41.1 Å². The van der Waals surface area contributed by atoms with Gasteiger partial charge < -0.3 is 4.90 Å². The highest BCUT2D eigenvalue weighted by Gasteiger charge is 2.33. The summed E-state index contributed by atoms with van der Waals surface area (Å²) in [5.41, 5.74) is 4.56. The molecule has 1 aromatic heterocycles. The largest absolute Gasteiger partial charge is 0.337 e. The molecule has 156 valence electrons. The van der Waals surface area contributed by atoms with Gasteiger partial charge in [-0.1, -0.05) is 19.1 Å². The van der Waals surface area contributed by atoms with Crippen LogP contribution in [0.3, 0.4) is 0 Å². The van der Waals surface area contributed by atoms with E-state index in [9.17, 15) is 13.2 Å². The fourth-order valence-electron chi connectivity index (χ4n) is 4.24. The summed E-state index contributed by atoms with van der Waals surface area (Å²) in [5, 5.41) is 4.64. The van der Waals surface area contributed by atoms with E-state index in [2.05, 4.69) is 38.0 Å². The number of aryl methyl sites for hydroxylation is 2. The molecule has 2 aliphatic rings. The van der Waals surface area contributed by atoms with Crippen molar-refractivity contribution in [1.82, 2.24) is 14.7 Å². The highest BCUT2D eigenvalue weighted by Crippen LogP contribution is 2.31.